The van der Waals surface area contributed by atoms with Gasteiger partial charge in [0, 0.05) is 54.5 Å². The molecular weight excluding hydrogens is 440 g/mol. The van der Waals surface area contributed by atoms with Gasteiger partial charge in [0.15, 0.2) is 0 Å². The molecule has 1 N–H and O–H groups in total. The van der Waals surface area contributed by atoms with E-state index in [1.54, 1.807) is 18.6 Å². The number of amides is 1. The number of likely N-dealkylation sites (N-methyl/N-ethyl adjacent to an activating group) is 2. The number of furan rings is 1. The quantitative estimate of drug-likeness (QED) is 0.522. The zero-order valence-corrected chi connectivity index (χ0v) is 20.7. The van der Waals surface area contributed by atoms with Gasteiger partial charge in [-0.15, -0.1) is 0 Å². The number of benzene rings is 1. The zero-order valence-electron chi connectivity index (χ0n) is 20.7. The largest absolute Gasteiger partial charge is 0.508 e. The number of carbonyl (C=O) groups is 1. The van der Waals surface area contributed by atoms with E-state index in [4.69, 9.17) is 9.15 Å². The minimum Gasteiger partial charge on any atom is -0.508 e. The number of ether oxygens (including phenoxy) is 1. The molecule has 2 aromatic rings. The van der Waals surface area contributed by atoms with Crippen molar-refractivity contribution in [2.24, 2.45) is 11.8 Å². The Kier molecular flexibility index (Phi) is 4.55. The smallest absolute Gasteiger partial charge is 0.246 e. The van der Waals surface area contributed by atoms with Gasteiger partial charge in [-0.25, -0.2) is 0 Å². The Morgan fingerprint density at radius 1 is 1.26 bits per heavy atom. The number of nitrogens with zero attached hydrogens (tertiary/aromatic N) is 2. The van der Waals surface area contributed by atoms with E-state index in [2.05, 4.69) is 7.05 Å². The molecule has 1 aromatic heterocycles. The summed E-state index contributed by atoms with van der Waals surface area (Å²) >= 11 is 0. The molecule has 3 aliphatic carbocycles. The predicted octanol–water partition coefficient (Wildman–Crippen LogP) is 4.12. The first-order valence-electron chi connectivity index (χ1n) is 13.2. The lowest BCUT2D eigenvalue weighted by Crippen LogP contribution is -2.73. The van der Waals surface area contributed by atoms with Crippen LogP contribution in [0, 0.1) is 11.8 Å². The lowest BCUT2D eigenvalue weighted by Gasteiger charge is -2.62. The molecule has 7 rings (SSSR count). The number of likely N-dealkylation sites (tertiary alicyclic amines) is 1. The van der Waals surface area contributed by atoms with E-state index in [0.717, 1.165) is 59.5 Å². The van der Waals surface area contributed by atoms with Crippen molar-refractivity contribution in [1.29, 1.82) is 0 Å². The third-order valence-electron chi connectivity index (χ3n) is 10.2. The zero-order chi connectivity index (χ0) is 23.9. The summed E-state index contributed by atoms with van der Waals surface area (Å²) in [5.74, 6) is 2.75. The molecule has 1 amide bonds. The standard InChI is InChI=1S/C29H34N2O4/c1-30(26(33)10-5-19-11-14-34-17-19)22-7-6-21-23-15-20-24(32)8-9-25-27(20)29(21,28(22)35-25)12-13-31(23,2)16-18-3-4-18/h5,8-11,14,17-18,21-23,28H,3-4,6-7,12-13,15-16H2,1-2H3/p+1/b10-5+/t21?,22-,23?,28?,29+,31+/m1/s1. The molecule has 3 unspecified atom stereocenters. The summed E-state index contributed by atoms with van der Waals surface area (Å²) in [5, 5.41) is 11.0. The van der Waals surface area contributed by atoms with Gasteiger partial charge in [-0.1, -0.05) is 0 Å². The normalized spacial score (nSPS) is 36.6. The van der Waals surface area contributed by atoms with Crippen LogP contribution in [0.15, 0.2) is 41.2 Å². The van der Waals surface area contributed by atoms with Gasteiger partial charge in [0.25, 0.3) is 0 Å². The van der Waals surface area contributed by atoms with Crippen molar-refractivity contribution in [1.82, 2.24) is 4.90 Å². The molecule has 1 aromatic carbocycles. The van der Waals surface area contributed by atoms with Gasteiger partial charge in [0.2, 0.25) is 5.91 Å². The molecule has 6 atom stereocenters. The lowest BCUT2D eigenvalue weighted by molar-refractivity contribution is -0.946. The third kappa shape index (κ3) is 3.01. The van der Waals surface area contributed by atoms with Gasteiger partial charge in [-0.3, -0.25) is 4.79 Å². The summed E-state index contributed by atoms with van der Waals surface area (Å²) in [7, 11) is 4.39. The van der Waals surface area contributed by atoms with Crippen LogP contribution in [0.1, 0.15) is 48.8 Å². The summed E-state index contributed by atoms with van der Waals surface area (Å²) in [4.78, 5) is 15.1. The molecule has 3 fully saturated rings. The van der Waals surface area contributed by atoms with Gasteiger partial charge < -0.3 is 23.6 Å². The summed E-state index contributed by atoms with van der Waals surface area (Å²) in [5.41, 5.74) is 3.15. The van der Waals surface area contributed by atoms with Crippen molar-refractivity contribution in [3.8, 4) is 11.5 Å². The SMILES string of the molecule is CN(C(=O)/C=C/c1ccoc1)[C@@H]1CCC2C3Cc4c(O)ccc5c4[C@@]2(CC[N@@+]3(C)CC2CC2)C1O5. The van der Waals surface area contributed by atoms with Crippen molar-refractivity contribution in [2.45, 2.75) is 62.1 Å². The summed E-state index contributed by atoms with van der Waals surface area (Å²) in [6.45, 7) is 2.41. The monoisotopic (exact) mass is 475 g/mol. The van der Waals surface area contributed by atoms with Gasteiger partial charge in [-0.2, -0.15) is 0 Å². The van der Waals surface area contributed by atoms with Crippen LogP contribution < -0.4 is 4.74 Å². The average molecular weight is 476 g/mol. The number of carbonyl (C=O) groups excluding carboxylic acids is 1. The van der Waals surface area contributed by atoms with Gasteiger partial charge in [0.05, 0.1) is 50.2 Å². The molecule has 2 bridgehead atoms. The highest BCUT2D eigenvalue weighted by molar-refractivity contribution is 5.91. The summed E-state index contributed by atoms with van der Waals surface area (Å²) in [6.07, 6.45) is 13.4. The fourth-order valence-electron chi connectivity index (χ4n) is 8.32. The molecule has 6 nitrogen and oxygen atoms in total. The highest BCUT2D eigenvalue weighted by Gasteiger charge is 2.69. The van der Waals surface area contributed by atoms with Crippen LogP contribution in [-0.2, 0) is 16.6 Å². The Hall–Kier alpha value is -2.73. The van der Waals surface area contributed by atoms with Crippen LogP contribution in [0.25, 0.3) is 6.08 Å². The highest BCUT2D eigenvalue weighted by atomic mass is 16.5. The average Bonchev–Trinajstić information content (AvgIpc) is 3.37. The maximum atomic E-state index is 13.2. The molecule has 184 valence electrons. The number of hydrogen-bond acceptors (Lipinski definition) is 4. The molecule has 1 saturated heterocycles. The molecule has 5 aliphatic rings. The van der Waals surface area contributed by atoms with Crippen LogP contribution in [0.4, 0.5) is 0 Å². The number of hydrogen-bond donors (Lipinski definition) is 1. The molecule has 2 aliphatic heterocycles. The van der Waals surface area contributed by atoms with E-state index < -0.39 is 0 Å². The summed E-state index contributed by atoms with van der Waals surface area (Å²) in [6, 6.07) is 6.14. The minimum atomic E-state index is -0.112. The van der Waals surface area contributed by atoms with Crippen LogP contribution in [-0.4, -0.2) is 65.8 Å². The van der Waals surface area contributed by atoms with E-state index in [9.17, 15) is 9.90 Å². The van der Waals surface area contributed by atoms with E-state index in [1.165, 1.54) is 24.9 Å². The molecule has 0 radical (unpaired) electrons. The number of aromatic hydroxyl groups is 1. The number of phenols is 1. The third-order valence-corrected chi connectivity index (χ3v) is 10.2. The molecule has 1 spiro atoms. The van der Waals surface area contributed by atoms with E-state index in [-0.39, 0.29) is 23.5 Å². The number of piperidine rings is 1. The van der Waals surface area contributed by atoms with Crippen molar-refractivity contribution in [3.63, 3.8) is 0 Å². The van der Waals surface area contributed by atoms with E-state index >= 15 is 0 Å². The predicted molar refractivity (Wildman–Crippen MR) is 132 cm³/mol. The van der Waals surface area contributed by atoms with Gasteiger partial charge in [-0.05, 0) is 50.0 Å². The van der Waals surface area contributed by atoms with Crippen LogP contribution in [0.3, 0.4) is 0 Å². The Labute approximate surface area is 206 Å². The minimum absolute atomic E-state index is 0.00815. The Morgan fingerprint density at radius 2 is 2.11 bits per heavy atom. The van der Waals surface area contributed by atoms with Crippen molar-refractivity contribution < 1.29 is 23.5 Å². The van der Waals surface area contributed by atoms with Crippen LogP contribution in [0.2, 0.25) is 0 Å². The fourth-order valence-corrected chi connectivity index (χ4v) is 8.32. The van der Waals surface area contributed by atoms with E-state index in [0.29, 0.717) is 17.7 Å². The Balaban J connectivity index is 1.26. The Morgan fingerprint density at radius 3 is 2.89 bits per heavy atom. The molecule has 6 heteroatoms. The maximum absolute atomic E-state index is 13.2. The highest BCUT2D eigenvalue weighted by Crippen LogP contribution is 2.64. The van der Waals surface area contributed by atoms with Crippen LogP contribution >= 0.6 is 0 Å². The maximum Gasteiger partial charge on any atom is 0.246 e. The van der Waals surface area contributed by atoms with E-state index in [1.807, 2.05) is 36.2 Å². The Bertz CT molecular complexity index is 1200. The lowest BCUT2D eigenvalue weighted by atomic mass is 9.50. The topological polar surface area (TPSA) is 62.9 Å². The second-order valence-corrected chi connectivity index (χ2v) is 12.0. The molecule has 3 heterocycles. The second-order valence-electron chi connectivity index (χ2n) is 12.0. The van der Waals surface area contributed by atoms with Crippen LogP contribution in [0.5, 0.6) is 11.5 Å². The van der Waals surface area contributed by atoms with Gasteiger partial charge in [0.1, 0.15) is 17.6 Å². The second kappa shape index (κ2) is 7.39. The first-order chi connectivity index (χ1) is 16.9. The first kappa shape index (κ1) is 21.5. The van der Waals surface area contributed by atoms with Crippen molar-refractivity contribution in [3.05, 3.63) is 53.5 Å². The van der Waals surface area contributed by atoms with Crippen molar-refractivity contribution >= 4 is 12.0 Å². The number of rotatable bonds is 5. The molecular formula is C29H35N2O4+. The fraction of sp³-hybridized carbons (Fsp3) is 0.552. The summed E-state index contributed by atoms with van der Waals surface area (Å²) < 4.78 is 13.0. The first-order valence-corrected chi connectivity index (χ1v) is 13.2. The van der Waals surface area contributed by atoms with Crippen molar-refractivity contribution in [2.75, 3.05) is 27.2 Å². The molecule has 35 heavy (non-hydrogen) atoms. The molecule has 2 saturated carbocycles. The number of phenolic OH excluding ortho intramolecular Hbond substituents is 1. The van der Waals surface area contributed by atoms with Gasteiger partial charge >= 0.3 is 0 Å². The number of quaternary nitrogens is 1.